The number of hydrogen-bond acceptors (Lipinski definition) is 6. The molecule has 1 saturated carbocycles. The number of carbonyl (C=O) groups excluding carboxylic acids is 1. The average molecular weight is 483 g/mol. The molecule has 4 rings (SSSR count). The van der Waals surface area contributed by atoms with Gasteiger partial charge in [-0.05, 0) is 67.4 Å². The summed E-state index contributed by atoms with van der Waals surface area (Å²) in [6.45, 7) is 3.61. The number of rotatable bonds is 7. The average Bonchev–Trinajstić information content (AvgIpc) is 3.34. The molecule has 0 unspecified atom stereocenters. The summed E-state index contributed by atoms with van der Waals surface area (Å²) in [5.74, 6) is 0.412. The second-order valence-corrected chi connectivity index (χ2v) is 11.0. The van der Waals surface area contributed by atoms with Crippen LogP contribution in [0.5, 0.6) is 5.75 Å². The molecule has 1 aliphatic rings. The molecule has 6 nitrogen and oxygen atoms in total. The van der Waals surface area contributed by atoms with Crippen LogP contribution in [0.2, 0.25) is 0 Å². The maximum Gasteiger partial charge on any atom is 0.256 e. The molecule has 0 bridgehead atoms. The van der Waals surface area contributed by atoms with Gasteiger partial charge in [-0.2, -0.15) is 0 Å². The molecule has 1 amide bonds. The van der Waals surface area contributed by atoms with Crippen LogP contribution in [-0.4, -0.2) is 31.7 Å². The van der Waals surface area contributed by atoms with E-state index in [4.69, 9.17) is 4.74 Å². The standard InChI is InChI=1S/C25H26N2O4S2/c1-3-24(28)27(25-26-23(17-32-25)18-9-13-20(31-2)14-10-18)19-11-15-22(16-12-19)33(29,30)21-7-5-4-6-8-21/h3,9-17,21H,1,4-8H2,2H3. The minimum Gasteiger partial charge on any atom is -0.497 e. The number of carbonyl (C=O) groups is 1. The van der Waals surface area contributed by atoms with E-state index in [9.17, 15) is 13.2 Å². The third-order valence-corrected chi connectivity index (χ3v) is 8.98. The number of nitrogens with zero attached hydrogens (tertiary/aromatic N) is 2. The zero-order valence-corrected chi connectivity index (χ0v) is 20.1. The number of anilines is 2. The predicted molar refractivity (Wildman–Crippen MR) is 132 cm³/mol. The van der Waals surface area contributed by atoms with Crippen LogP contribution in [0.15, 0.2) is 71.5 Å². The van der Waals surface area contributed by atoms with E-state index >= 15 is 0 Å². The lowest BCUT2D eigenvalue weighted by atomic mass is 10.0. The van der Waals surface area contributed by atoms with Crippen LogP contribution >= 0.6 is 11.3 Å². The topological polar surface area (TPSA) is 76.6 Å². The van der Waals surface area contributed by atoms with Crippen LogP contribution in [0.4, 0.5) is 10.8 Å². The van der Waals surface area contributed by atoms with Gasteiger partial charge < -0.3 is 4.74 Å². The number of benzene rings is 2. The molecule has 33 heavy (non-hydrogen) atoms. The number of thiazole rings is 1. The smallest absolute Gasteiger partial charge is 0.256 e. The molecule has 1 aromatic heterocycles. The number of aromatic nitrogens is 1. The van der Waals surface area contributed by atoms with Crippen LogP contribution in [0.25, 0.3) is 11.3 Å². The second kappa shape index (κ2) is 9.89. The summed E-state index contributed by atoms with van der Waals surface area (Å²) in [5.41, 5.74) is 2.17. The van der Waals surface area contributed by atoms with E-state index in [-0.39, 0.29) is 11.2 Å². The van der Waals surface area contributed by atoms with Gasteiger partial charge in [0.2, 0.25) is 0 Å². The Hall–Kier alpha value is -2.97. The lowest BCUT2D eigenvalue weighted by Crippen LogP contribution is -2.25. The predicted octanol–water partition coefficient (Wildman–Crippen LogP) is 5.78. The second-order valence-electron chi connectivity index (χ2n) is 7.92. The molecule has 8 heteroatoms. The molecule has 1 heterocycles. The summed E-state index contributed by atoms with van der Waals surface area (Å²) in [4.78, 5) is 19.1. The largest absolute Gasteiger partial charge is 0.497 e. The Balaban J connectivity index is 1.62. The quantitative estimate of drug-likeness (QED) is 0.399. The molecule has 2 aromatic carbocycles. The number of amides is 1. The van der Waals surface area contributed by atoms with Crippen molar-refractivity contribution in [3.63, 3.8) is 0 Å². The molecule has 0 radical (unpaired) electrons. The Morgan fingerprint density at radius 1 is 1.09 bits per heavy atom. The maximum absolute atomic E-state index is 13.0. The van der Waals surface area contributed by atoms with Crippen molar-refractivity contribution < 1.29 is 17.9 Å². The van der Waals surface area contributed by atoms with Crippen LogP contribution in [0.1, 0.15) is 32.1 Å². The number of ether oxygens (including phenoxy) is 1. The SMILES string of the molecule is C=CC(=O)N(c1ccc(S(=O)(=O)C2CCCCC2)cc1)c1nc(-c2ccc(OC)cc2)cs1. The molecule has 0 aliphatic heterocycles. The van der Waals surface area contributed by atoms with E-state index in [1.807, 2.05) is 29.6 Å². The van der Waals surface area contributed by atoms with Gasteiger partial charge in [-0.1, -0.05) is 25.8 Å². The van der Waals surface area contributed by atoms with Gasteiger partial charge in [0, 0.05) is 10.9 Å². The van der Waals surface area contributed by atoms with Gasteiger partial charge in [-0.15, -0.1) is 11.3 Å². The van der Waals surface area contributed by atoms with Gasteiger partial charge in [-0.25, -0.2) is 13.4 Å². The molecular weight excluding hydrogens is 456 g/mol. The van der Waals surface area contributed by atoms with Crippen LogP contribution in [0, 0.1) is 0 Å². The summed E-state index contributed by atoms with van der Waals surface area (Å²) >= 11 is 1.33. The van der Waals surface area contributed by atoms with Crippen molar-refractivity contribution in [3.8, 4) is 17.0 Å². The minimum atomic E-state index is -3.38. The van der Waals surface area contributed by atoms with Gasteiger partial charge in [0.1, 0.15) is 5.75 Å². The monoisotopic (exact) mass is 482 g/mol. The first-order chi connectivity index (χ1) is 15.9. The van der Waals surface area contributed by atoms with E-state index < -0.39 is 9.84 Å². The first-order valence-electron chi connectivity index (χ1n) is 10.8. The molecule has 1 aliphatic carbocycles. The third kappa shape index (κ3) is 4.86. The molecule has 172 valence electrons. The Labute approximate surface area is 198 Å². The third-order valence-electron chi connectivity index (χ3n) is 5.88. The first-order valence-corrected chi connectivity index (χ1v) is 13.3. The van der Waals surface area contributed by atoms with E-state index in [0.717, 1.165) is 36.3 Å². The van der Waals surface area contributed by atoms with Crippen molar-refractivity contribution in [2.75, 3.05) is 12.0 Å². The van der Waals surface area contributed by atoms with E-state index in [0.29, 0.717) is 28.6 Å². The van der Waals surface area contributed by atoms with Crippen LogP contribution in [0.3, 0.4) is 0 Å². The van der Waals surface area contributed by atoms with Crippen molar-refractivity contribution in [2.24, 2.45) is 0 Å². The fourth-order valence-electron chi connectivity index (χ4n) is 4.04. The molecular formula is C25H26N2O4S2. The van der Waals surface area contributed by atoms with Crippen molar-refractivity contribution >= 4 is 37.9 Å². The van der Waals surface area contributed by atoms with Crippen molar-refractivity contribution in [1.29, 1.82) is 0 Å². The number of methoxy groups -OCH3 is 1. The molecule has 0 N–H and O–H groups in total. The molecule has 0 saturated heterocycles. The normalized spacial score (nSPS) is 14.6. The van der Waals surface area contributed by atoms with Crippen molar-refractivity contribution in [2.45, 2.75) is 42.2 Å². The van der Waals surface area contributed by atoms with E-state index in [2.05, 4.69) is 11.6 Å². The van der Waals surface area contributed by atoms with E-state index in [1.165, 1.54) is 22.3 Å². The highest BCUT2D eigenvalue weighted by molar-refractivity contribution is 7.92. The zero-order valence-electron chi connectivity index (χ0n) is 18.4. The van der Waals surface area contributed by atoms with Gasteiger partial charge >= 0.3 is 0 Å². The van der Waals surface area contributed by atoms with Gasteiger partial charge in [0.05, 0.1) is 28.6 Å². The summed E-state index contributed by atoms with van der Waals surface area (Å²) in [7, 11) is -1.77. The Kier molecular flexibility index (Phi) is 6.95. The highest BCUT2D eigenvalue weighted by Crippen LogP contribution is 2.34. The summed E-state index contributed by atoms with van der Waals surface area (Å²) in [5, 5.41) is 2.03. The van der Waals surface area contributed by atoms with Crippen LogP contribution in [-0.2, 0) is 14.6 Å². The minimum absolute atomic E-state index is 0.294. The fraction of sp³-hybridized carbons (Fsp3) is 0.280. The number of hydrogen-bond donors (Lipinski definition) is 0. The maximum atomic E-state index is 13.0. The Bertz CT molecular complexity index is 1230. The highest BCUT2D eigenvalue weighted by Gasteiger charge is 2.29. The Morgan fingerprint density at radius 3 is 2.36 bits per heavy atom. The molecule has 0 spiro atoms. The molecule has 1 fully saturated rings. The lowest BCUT2D eigenvalue weighted by molar-refractivity contribution is -0.113. The van der Waals surface area contributed by atoms with Gasteiger partial charge in [-0.3, -0.25) is 9.69 Å². The zero-order chi connectivity index (χ0) is 23.4. The summed E-state index contributed by atoms with van der Waals surface area (Å²) in [6.07, 6.45) is 5.63. The fourth-order valence-corrected chi connectivity index (χ4v) is 6.75. The van der Waals surface area contributed by atoms with Gasteiger partial charge in [0.25, 0.3) is 5.91 Å². The molecule has 0 atom stereocenters. The van der Waals surface area contributed by atoms with E-state index in [1.54, 1.807) is 31.4 Å². The van der Waals surface area contributed by atoms with Crippen molar-refractivity contribution in [1.82, 2.24) is 4.98 Å². The summed E-state index contributed by atoms with van der Waals surface area (Å²) < 4.78 is 31.2. The Morgan fingerprint density at radius 2 is 1.76 bits per heavy atom. The molecule has 3 aromatic rings. The van der Waals surface area contributed by atoms with Crippen molar-refractivity contribution in [3.05, 3.63) is 66.6 Å². The number of sulfone groups is 1. The highest BCUT2D eigenvalue weighted by atomic mass is 32.2. The summed E-state index contributed by atoms with van der Waals surface area (Å²) in [6, 6.07) is 14.0. The van der Waals surface area contributed by atoms with Crippen LogP contribution < -0.4 is 9.64 Å². The first kappa shape index (κ1) is 23.2. The lowest BCUT2D eigenvalue weighted by Gasteiger charge is -2.22. The van der Waals surface area contributed by atoms with Gasteiger partial charge in [0.15, 0.2) is 15.0 Å².